The van der Waals surface area contributed by atoms with Crippen molar-refractivity contribution in [1.82, 2.24) is 19.7 Å². The summed E-state index contributed by atoms with van der Waals surface area (Å²) in [5.41, 5.74) is 3.51. The Morgan fingerprint density at radius 3 is 2.64 bits per heavy atom. The summed E-state index contributed by atoms with van der Waals surface area (Å²) in [4.78, 5) is 12.8. The maximum atomic E-state index is 14.6. The molecule has 0 saturated carbocycles. The van der Waals surface area contributed by atoms with Crippen molar-refractivity contribution in [2.24, 2.45) is 5.73 Å². The average Bonchev–Trinajstić information content (AvgIpc) is 3.24. The van der Waals surface area contributed by atoms with E-state index in [2.05, 4.69) is 10.2 Å². The highest BCUT2D eigenvalue weighted by atomic mass is 19.4. The second-order valence-electron chi connectivity index (χ2n) is 5.12. The Hall–Kier alpha value is -2.63. The number of hydrogen-bond acceptors (Lipinski definition) is 4. The number of hydrogen-bond donors (Lipinski definition) is 1. The summed E-state index contributed by atoms with van der Waals surface area (Å²) in [6, 6.07) is -8.01. The Labute approximate surface area is 170 Å². The normalized spacial score (nSPS) is 27.0. The van der Waals surface area contributed by atoms with Crippen LogP contribution in [0, 0.1) is 17.5 Å². The van der Waals surface area contributed by atoms with Crippen LogP contribution < -0.4 is 5.73 Å². The lowest BCUT2D eigenvalue weighted by molar-refractivity contribution is -0.148. The minimum absolute atomic E-state index is 0.319. The molecule has 12 heteroatoms. The number of carbonyl (C=O) groups is 1. The summed E-state index contributed by atoms with van der Waals surface area (Å²) in [5.74, 6) is -12.2. The van der Waals surface area contributed by atoms with E-state index in [-0.39, 0.29) is 9.47 Å². The van der Waals surface area contributed by atoms with Gasteiger partial charge in [0.05, 0.1) is 14.8 Å². The fourth-order valence-corrected chi connectivity index (χ4v) is 2.00. The fourth-order valence-electron chi connectivity index (χ4n) is 2.00. The van der Waals surface area contributed by atoms with E-state index in [4.69, 9.17) is 20.8 Å². The molecule has 1 aliphatic heterocycles. The van der Waals surface area contributed by atoms with Crippen LogP contribution in [0.4, 0.5) is 26.3 Å². The van der Waals surface area contributed by atoms with Gasteiger partial charge < -0.3 is 15.2 Å². The molecule has 28 heavy (non-hydrogen) atoms. The number of alkyl halides is 3. The SMILES string of the molecule is [2H]c1c(F)c(F)c([2H])c(C([2H])([2H])[C@@]([2H])(N)C([2H])([2H])C(=O)N2Cc3nnc(C(F)(F)F)n3C([2H])([2H])C2([2H])[2H])c1F. The highest BCUT2D eigenvalue weighted by Crippen LogP contribution is 2.29. The van der Waals surface area contributed by atoms with Crippen LogP contribution >= 0.6 is 0 Å². The third-order valence-electron chi connectivity index (χ3n) is 3.19. The third kappa shape index (κ3) is 4.11. The summed E-state index contributed by atoms with van der Waals surface area (Å²) in [6.45, 7) is -9.13. The molecule has 3 rings (SSSR count). The van der Waals surface area contributed by atoms with Gasteiger partial charge in [-0.3, -0.25) is 4.79 Å². The number of halogens is 6. The number of benzene rings is 1. The van der Waals surface area contributed by atoms with Gasteiger partial charge in [-0.05, 0) is 18.0 Å². The molecule has 0 bridgehead atoms. The number of rotatable bonds is 4. The summed E-state index contributed by atoms with van der Waals surface area (Å²) in [5, 5.41) is 5.79. The lowest BCUT2D eigenvalue weighted by atomic mass is 10.0. The van der Waals surface area contributed by atoms with Crippen LogP contribution in [0.2, 0.25) is 0 Å². The summed E-state index contributed by atoms with van der Waals surface area (Å²) in [7, 11) is 0. The zero-order valence-corrected chi connectivity index (χ0v) is 13.2. The predicted octanol–water partition coefficient (Wildman–Crippen LogP) is 2.02. The van der Waals surface area contributed by atoms with Gasteiger partial charge in [-0.25, -0.2) is 13.2 Å². The minimum atomic E-state index is -5.35. The van der Waals surface area contributed by atoms with Crippen LogP contribution in [0.5, 0.6) is 0 Å². The molecule has 1 aromatic carbocycles. The highest BCUT2D eigenvalue weighted by Gasteiger charge is 2.39. The van der Waals surface area contributed by atoms with Crippen LogP contribution in [-0.2, 0) is 30.4 Å². The lowest BCUT2D eigenvalue weighted by Gasteiger charge is -2.29. The van der Waals surface area contributed by atoms with Crippen LogP contribution in [0.1, 0.15) is 38.7 Å². The van der Waals surface area contributed by atoms with Crippen LogP contribution in [0.25, 0.3) is 0 Å². The number of fused-ring (bicyclic) bond motifs is 1. The summed E-state index contributed by atoms with van der Waals surface area (Å²) in [6.07, 6.45) is -13.7. The molecule has 6 nitrogen and oxygen atoms in total. The van der Waals surface area contributed by atoms with Crippen molar-refractivity contribution in [3.8, 4) is 0 Å². The molecular formula is C16H15F6N5O. The molecule has 1 aromatic heterocycles. The van der Waals surface area contributed by atoms with Crippen molar-refractivity contribution in [3.05, 3.63) is 46.7 Å². The second-order valence-corrected chi connectivity index (χ2v) is 5.12. The minimum Gasteiger partial charge on any atom is -0.333 e. The molecule has 152 valence electrons. The van der Waals surface area contributed by atoms with E-state index in [1.54, 1.807) is 0 Å². The van der Waals surface area contributed by atoms with E-state index in [1.807, 2.05) is 0 Å². The van der Waals surface area contributed by atoms with Gasteiger partial charge in [0.2, 0.25) is 11.7 Å². The Morgan fingerprint density at radius 1 is 1.29 bits per heavy atom. The van der Waals surface area contributed by atoms with E-state index in [9.17, 15) is 31.1 Å². The van der Waals surface area contributed by atoms with Gasteiger partial charge in [0, 0.05) is 38.3 Å². The average molecular weight is 418 g/mol. The molecule has 0 fully saturated rings. The highest BCUT2D eigenvalue weighted by molar-refractivity contribution is 5.76. The molecular weight excluding hydrogens is 392 g/mol. The largest absolute Gasteiger partial charge is 0.451 e. The Balaban J connectivity index is 2.17. The first-order valence-electron chi connectivity index (χ1n) is 12.6. The molecule has 0 radical (unpaired) electrons. The number of nitrogens with two attached hydrogens (primary N) is 1. The number of aromatic nitrogens is 3. The first kappa shape index (κ1) is 10.2. The molecule has 0 aliphatic carbocycles. The predicted molar refractivity (Wildman–Crippen MR) is 83.1 cm³/mol. The molecule has 0 unspecified atom stereocenters. The number of amides is 1. The zero-order chi connectivity index (χ0) is 30.5. The van der Waals surface area contributed by atoms with Gasteiger partial charge >= 0.3 is 6.18 Å². The van der Waals surface area contributed by atoms with E-state index >= 15 is 0 Å². The Bertz CT molecular complexity index is 1330. The molecule has 1 atom stereocenters. The van der Waals surface area contributed by atoms with Crippen molar-refractivity contribution < 1.29 is 46.2 Å². The first-order valence-corrected chi connectivity index (χ1v) is 7.06. The van der Waals surface area contributed by atoms with Gasteiger partial charge in [-0.1, -0.05) is 0 Å². The number of nitrogens with zero attached hydrogens (tertiary/aromatic N) is 4. The molecule has 2 aromatic rings. The molecule has 1 amide bonds. The maximum absolute atomic E-state index is 14.6. The van der Waals surface area contributed by atoms with Crippen LogP contribution in [0.3, 0.4) is 0 Å². The van der Waals surface area contributed by atoms with Crippen molar-refractivity contribution >= 4 is 5.91 Å². The summed E-state index contributed by atoms with van der Waals surface area (Å²) >= 11 is 0. The third-order valence-corrected chi connectivity index (χ3v) is 3.19. The standard InChI is InChI=1S/C16H15F6N5O/c17-10-6-12(19)11(18)4-8(10)3-9(23)5-14(28)26-1-2-27-13(7-26)24-25-15(27)16(20,21)22/h4,6,9H,1-3,5,7,23H2/t9-/m1/s1/i1D2,2D2,3D2,4D,5D2,6D,9D. The molecule has 1 aliphatic rings. The summed E-state index contributed by atoms with van der Waals surface area (Å²) < 4.78 is 169. The van der Waals surface area contributed by atoms with Gasteiger partial charge in [0.25, 0.3) is 0 Å². The second kappa shape index (κ2) is 7.41. The Morgan fingerprint density at radius 2 is 1.96 bits per heavy atom. The number of carbonyl (C=O) groups excluding carboxylic acids is 1. The monoisotopic (exact) mass is 418 g/mol. The Kier molecular flexibility index (Phi) is 2.71. The van der Waals surface area contributed by atoms with Gasteiger partial charge in [-0.15, -0.1) is 10.2 Å². The van der Waals surface area contributed by atoms with Gasteiger partial charge in [-0.2, -0.15) is 13.2 Å². The van der Waals surface area contributed by atoms with E-state index < -0.39 is 97.1 Å². The van der Waals surface area contributed by atoms with E-state index in [1.165, 1.54) is 0 Å². The zero-order valence-electron chi connectivity index (χ0n) is 24.2. The van der Waals surface area contributed by atoms with Crippen LogP contribution in [0.15, 0.2) is 12.1 Å². The van der Waals surface area contributed by atoms with E-state index in [0.29, 0.717) is 0 Å². The topological polar surface area (TPSA) is 77.0 Å². The quantitative estimate of drug-likeness (QED) is 0.609. The fraction of sp³-hybridized carbons (Fsp3) is 0.438. The molecule has 0 saturated heterocycles. The molecule has 0 spiro atoms. The maximum Gasteiger partial charge on any atom is 0.451 e. The van der Waals surface area contributed by atoms with Gasteiger partial charge in [0.1, 0.15) is 5.82 Å². The van der Waals surface area contributed by atoms with Crippen molar-refractivity contribution in [1.29, 1.82) is 0 Å². The van der Waals surface area contributed by atoms with E-state index in [0.717, 1.165) is 0 Å². The van der Waals surface area contributed by atoms with Crippen molar-refractivity contribution in [3.63, 3.8) is 0 Å². The first-order chi connectivity index (χ1) is 17.3. The molecule has 2 heterocycles. The smallest absolute Gasteiger partial charge is 0.333 e. The lowest BCUT2D eigenvalue weighted by Crippen LogP contribution is -2.42. The van der Waals surface area contributed by atoms with Crippen molar-refractivity contribution in [2.75, 3.05) is 6.50 Å². The van der Waals surface area contributed by atoms with Crippen molar-refractivity contribution in [2.45, 2.75) is 38.0 Å². The van der Waals surface area contributed by atoms with Crippen LogP contribution in [-0.4, -0.2) is 38.1 Å². The van der Waals surface area contributed by atoms with Gasteiger partial charge in [0.15, 0.2) is 17.5 Å². The molecule has 2 N–H and O–H groups in total.